The Morgan fingerprint density at radius 2 is 1.98 bits per heavy atom. The van der Waals surface area contributed by atoms with Crippen LogP contribution in [0.5, 0.6) is 11.5 Å². The number of aromatic nitrogens is 2. The molecule has 210 valence electrons. The normalized spacial score (nSPS) is 16.8. The van der Waals surface area contributed by atoms with Crippen molar-refractivity contribution >= 4 is 45.6 Å². The third-order valence-electron chi connectivity index (χ3n) is 6.99. The highest BCUT2D eigenvalue weighted by atomic mass is 32.2. The molecule has 41 heavy (non-hydrogen) atoms. The van der Waals surface area contributed by atoms with Gasteiger partial charge in [-0.25, -0.2) is 0 Å². The van der Waals surface area contributed by atoms with Gasteiger partial charge in [0, 0.05) is 29.4 Å². The van der Waals surface area contributed by atoms with Crippen molar-refractivity contribution in [1.82, 2.24) is 10.2 Å². The van der Waals surface area contributed by atoms with Gasteiger partial charge in [-0.3, -0.25) is 14.5 Å². The highest BCUT2D eigenvalue weighted by Crippen LogP contribution is 2.47. The number of thioether (sulfide) groups is 1. The summed E-state index contributed by atoms with van der Waals surface area (Å²) in [6, 6.07) is 15.2. The lowest BCUT2D eigenvalue weighted by Gasteiger charge is -2.38. The maximum Gasteiger partial charge on any atom is 0.234 e. The number of ketones is 1. The first kappa shape index (κ1) is 28.2. The average Bonchev–Trinajstić information content (AvgIpc) is 3.44. The molecule has 0 spiro atoms. The quantitative estimate of drug-likeness (QED) is 0.349. The number of allylic oxidation sites excluding steroid dienone is 3. The van der Waals surface area contributed by atoms with Gasteiger partial charge in [-0.05, 0) is 43.0 Å². The summed E-state index contributed by atoms with van der Waals surface area (Å²) < 4.78 is 11.1. The number of carbonyl (C=O) groups excluding carboxylic acids is 2. The van der Waals surface area contributed by atoms with Crippen LogP contribution in [0, 0.1) is 18.3 Å². The molecule has 0 saturated heterocycles. The van der Waals surface area contributed by atoms with Gasteiger partial charge in [0.1, 0.15) is 5.82 Å². The minimum atomic E-state index is -0.526. The lowest BCUT2D eigenvalue weighted by atomic mass is 9.75. The molecule has 0 bridgehead atoms. The summed E-state index contributed by atoms with van der Waals surface area (Å²) in [5, 5.41) is 22.1. The molecule has 2 heterocycles. The van der Waals surface area contributed by atoms with Crippen molar-refractivity contribution in [3.05, 3.63) is 76.3 Å². The van der Waals surface area contributed by atoms with E-state index >= 15 is 0 Å². The van der Waals surface area contributed by atoms with Gasteiger partial charge in [0.2, 0.25) is 11.0 Å². The van der Waals surface area contributed by atoms with Crippen LogP contribution < -0.4 is 25.4 Å². The fourth-order valence-corrected chi connectivity index (χ4v) is 6.80. The summed E-state index contributed by atoms with van der Waals surface area (Å²) in [5.41, 5.74) is 10.8. The van der Waals surface area contributed by atoms with E-state index in [1.165, 1.54) is 30.2 Å². The van der Waals surface area contributed by atoms with Crippen LogP contribution in [0.2, 0.25) is 0 Å². The number of nitrogens with two attached hydrogens (primary N) is 1. The van der Waals surface area contributed by atoms with E-state index < -0.39 is 5.92 Å². The molecule has 3 N–H and O–H groups in total. The van der Waals surface area contributed by atoms with Gasteiger partial charge in [-0.2, -0.15) is 5.26 Å². The van der Waals surface area contributed by atoms with Crippen molar-refractivity contribution in [2.24, 2.45) is 5.73 Å². The van der Waals surface area contributed by atoms with E-state index in [9.17, 15) is 14.9 Å². The fraction of sp³-hybridized carbons (Fsp3) is 0.276. The van der Waals surface area contributed by atoms with Crippen molar-refractivity contribution in [1.29, 1.82) is 5.26 Å². The first-order valence-corrected chi connectivity index (χ1v) is 14.7. The molecular formula is C29H28N6O4S2. The van der Waals surface area contributed by atoms with E-state index in [0.29, 0.717) is 57.1 Å². The Bertz CT molecular complexity index is 1620. The monoisotopic (exact) mass is 588 g/mol. The number of hydrogen-bond acceptors (Lipinski definition) is 11. The van der Waals surface area contributed by atoms with Crippen LogP contribution in [0.15, 0.2) is 69.5 Å². The second-order valence-corrected chi connectivity index (χ2v) is 11.6. The zero-order chi connectivity index (χ0) is 29.1. The predicted molar refractivity (Wildman–Crippen MR) is 158 cm³/mol. The zero-order valence-corrected chi connectivity index (χ0v) is 24.4. The molecule has 1 atom stereocenters. The molecule has 5 rings (SSSR count). The fourth-order valence-electron chi connectivity index (χ4n) is 5.12. The Balaban J connectivity index is 1.38. The number of amides is 1. The summed E-state index contributed by atoms with van der Waals surface area (Å²) in [7, 11) is 3.07. The average molecular weight is 589 g/mol. The number of aryl methyl sites for hydroxylation is 1. The van der Waals surface area contributed by atoms with Crippen LogP contribution in [0.1, 0.15) is 36.3 Å². The SMILES string of the molecule is COc1ccc(NC(=O)CSc2nnc(N3C(N)=C(C#N)C(c4ccccc4C)C4=C3CCCC4=O)s2)cc1OC. The van der Waals surface area contributed by atoms with E-state index in [1.54, 1.807) is 30.2 Å². The number of carbonyl (C=O) groups is 2. The van der Waals surface area contributed by atoms with Gasteiger partial charge in [0.05, 0.1) is 37.5 Å². The first-order valence-electron chi connectivity index (χ1n) is 12.9. The smallest absolute Gasteiger partial charge is 0.234 e. The number of Topliss-reactive ketones (excluding diaryl/α,β-unsaturated/α-hetero) is 1. The molecule has 2 aliphatic rings. The summed E-state index contributed by atoms with van der Waals surface area (Å²) >= 11 is 2.49. The highest BCUT2D eigenvalue weighted by molar-refractivity contribution is 8.01. The zero-order valence-electron chi connectivity index (χ0n) is 22.8. The number of anilines is 2. The number of nitriles is 1. The van der Waals surface area contributed by atoms with Crippen LogP contribution in [-0.4, -0.2) is 41.9 Å². The third kappa shape index (κ3) is 5.51. The predicted octanol–water partition coefficient (Wildman–Crippen LogP) is 4.90. The van der Waals surface area contributed by atoms with Crippen molar-refractivity contribution in [2.75, 3.05) is 30.2 Å². The summed E-state index contributed by atoms with van der Waals surface area (Å²) in [4.78, 5) is 27.7. The molecule has 2 aromatic carbocycles. The number of nitrogens with zero attached hydrogens (tertiary/aromatic N) is 4. The van der Waals surface area contributed by atoms with Crippen LogP contribution in [0.4, 0.5) is 10.8 Å². The van der Waals surface area contributed by atoms with Gasteiger partial charge < -0.3 is 20.5 Å². The second kappa shape index (κ2) is 12.0. The summed E-state index contributed by atoms with van der Waals surface area (Å²) in [6.45, 7) is 1.97. The molecule has 10 nitrogen and oxygen atoms in total. The Morgan fingerprint density at radius 3 is 2.71 bits per heavy atom. The Hall–Kier alpha value is -4.34. The van der Waals surface area contributed by atoms with Gasteiger partial charge in [-0.1, -0.05) is 47.4 Å². The number of nitrogens with one attached hydrogen (secondary N) is 1. The maximum atomic E-state index is 13.3. The topological polar surface area (TPSA) is 143 Å². The van der Waals surface area contributed by atoms with Crippen molar-refractivity contribution in [3.8, 4) is 17.6 Å². The van der Waals surface area contributed by atoms with Gasteiger partial charge in [0.25, 0.3) is 0 Å². The maximum absolute atomic E-state index is 13.3. The minimum absolute atomic E-state index is 0.00991. The molecule has 1 aromatic heterocycles. The van der Waals surface area contributed by atoms with E-state index in [4.69, 9.17) is 15.2 Å². The largest absolute Gasteiger partial charge is 0.493 e. The second-order valence-electron chi connectivity index (χ2n) is 9.43. The number of ether oxygens (including phenoxy) is 2. The molecule has 0 fully saturated rings. The van der Waals surface area contributed by atoms with E-state index in [0.717, 1.165) is 16.8 Å². The Morgan fingerprint density at radius 1 is 1.20 bits per heavy atom. The lowest BCUT2D eigenvalue weighted by Crippen LogP contribution is -2.38. The van der Waals surface area contributed by atoms with Crippen LogP contribution >= 0.6 is 23.1 Å². The van der Waals surface area contributed by atoms with Crippen molar-refractivity contribution in [3.63, 3.8) is 0 Å². The molecule has 3 aromatic rings. The lowest BCUT2D eigenvalue weighted by molar-refractivity contribution is -0.116. The number of methoxy groups -OCH3 is 2. The van der Waals surface area contributed by atoms with Crippen molar-refractivity contribution < 1.29 is 19.1 Å². The molecule has 1 unspecified atom stereocenters. The number of benzene rings is 2. The molecule has 0 radical (unpaired) electrons. The number of hydrogen-bond donors (Lipinski definition) is 2. The molecule has 0 saturated carbocycles. The molecular weight excluding hydrogens is 560 g/mol. The van der Waals surface area contributed by atoms with Crippen molar-refractivity contribution in [2.45, 2.75) is 36.4 Å². The Labute approximate surface area is 245 Å². The minimum Gasteiger partial charge on any atom is -0.493 e. The molecule has 12 heteroatoms. The van der Waals surface area contributed by atoms with Crippen LogP contribution in [0.25, 0.3) is 0 Å². The third-order valence-corrected chi connectivity index (χ3v) is 9.04. The van der Waals surface area contributed by atoms with Gasteiger partial charge in [0.15, 0.2) is 21.6 Å². The standard InChI is InChI=1S/C29H28N6O4S2/c1-16-7-4-5-8-18(16)25-19(14-30)27(31)35(20-9-6-10-21(36)26(20)25)28-33-34-29(41-28)40-15-24(37)32-17-11-12-22(38-2)23(13-17)39-3/h4-5,7-8,11-13,25H,6,9-10,15,31H2,1-3H3,(H,32,37). The Kier molecular flexibility index (Phi) is 8.28. The highest BCUT2D eigenvalue weighted by Gasteiger charge is 2.41. The summed E-state index contributed by atoms with van der Waals surface area (Å²) in [5.74, 6) is 0.669. The van der Waals surface area contributed by atoms with E-state index in [-0.39, 0.29) is 23.3 Å². The molecule has 1 amide bonds. The van der Waals surface area contributed by atoms with Crippen LogP contribution in [-0.2, 0) is 9.59 Å². The molecule has 1 aliphatic heterocycles. The first-order chi connectivity index (χ1) is 19.9. The number of rotatable bonds is 8. The van der Waals surface area contributed by atoms with Gasteiger partial charge >= 0.3 is 0 Å². The summed E-state index contributed by atoms with van der Waals surface area (Å²) in [6.07, 6.45) is 1.72. The van der Waals surface area contributed by atoms with E-state index in [1.807, 2.05) is 31.2 Å². The van der Waals surface area contributed by atoms with Crippen LogP contribution in [0.3, 0.4) is 0 Å². The van der Waals surface area contributed by atoms with E-state index in [2.05, 4.69) is 21.6 Å². The molecule has 1 aliphatic carbocycles. The van der Waals surface area contributed by atoms with Gasteiger partial charge in [-0.15, -0.1) is 10.2 Å².